The van der Waals surface area contributed by atoms with Crippen molar-refractivity contribution in [2.75, 3.05) is 11.4 Å². The summed E-state index contributed by atoms with van der Waals surface area (Å²) in [5, 5.41) is 19.0. The lowest BCUT2D eigenvalue weighted by Gasteiger charge is -2.38. The van der Waals surface area contributed by atoms with E-state index in [2.05, 4.69) is 20.6 Å². The minimum Gasteiger partial charge on any atom is -0.340 e. The van der Waals surface area contributed by atoms with Gasteiger partial charge in [0.05, 0.1) is 23.9 Å². The summed E-state index contributed by atoms with van der Waals surface area (Å²) >= 11 is 0. The Labute approximate surface area is 259 Å². The first-order valence-corrected chi connectivity index (χ1v) is 14.1. The Morgan fingerprint density at radius 1 is 1.09 bits per heavy atom. The molecule has 5 rings (SSSR count). The van der Waals surface area contributed by atoms with Crippen molar-refractivity contribution in [3.05, 3.63) is 101 Å². The Kier molecular flexibility index (Phi) is 8.81. The maximum absolute atomic E-state index is 14.2. The van der Waals surface area contributed by atoms with Crippen LogP contribution < -0.4 is 15.5 Å². The van der Waals surface area contributed by atoms with Crippen LogP contribution in [0, 0.1) is 17.1 Å². The van der Waals surface area contributed by atoms with E-state index in [0.717, 1.165) is 18.3 Å². The van der Waals surface area contributed by atoms with Gasteiger partial charge in [0.2, 0.25) is 11.7 Å². The topological polar surface area (TPSA) is 146 Å². The van der Waals surface area contributed by atoms with Crippen molar-refractivity contribution < 1.29 is 31.9 Å². The lowest BCUT2D eigenvalue weighted by molar-refractivity contribution is -0.141. The summed E-state index contributed by atoms with van der Waals surface area (Å²) in [7, 11) is 0. The SMILES string of the molecule is CCN1C(=O)[C@@H](NC(=O)c2nccc(C(F)(F)F)n2)[C@H](c2ccc(F)cc2)c2c(CC(=O)N[C@H](C)C#N)nn(-c3ccccc3)c21. The fourth-order valence-electron chi connectivity index (χ4n) is 5.29. The van der Waals surface area contributed by atoms with Gasteiger partial charge in [-0.15, -0.1) is 0 Å². The summed E-state index contributed by atoms with van der Waals surface area (Å²) < 4.78 is 55.6. The number of para-hydroxylation sites is 1. The molecule has 11 nitrogen and oxygen atoms in total. The molecule has 2 aromatic carbocycles. The highest BCUT2D eigenvalue weighted by molar-refractivity contribution is 6.05. The maximum atomic E-state index is 14.2. The number of nitrogens with zero attached hydrogens (tertiary/aromatic N) is 6. The third-order valence-electron chi connectivity index (χ3n) is 7.29. The second-order valence-corrected chi connectivity index (χ2v) is 10.4. The molecule has 236 valence electrons. The van der Waals surface area contributed by atoms with Crippen LogP contribution >= 0.6 is 0 Å². The quantitative estimate of drug-likeness (QED) is 0.281. The first kappa shape index (κ1) is 31.8. The van der Waals surface area contributed by atoms with Gasteiger partial charge >= 0.3 is 6.18 Å². The molecule has 4 aromatic rings. The number of carbonyl (C=O) groups excluding carboxylic acids is 3. The molecule has 0 bridgehead atoms. The molecule has 46 heavy (non-hydrogen) atoms. The van der Waals surface area contributed by atoms with Crippen molar-refractivity contribution in [2.45, 2.75) is 44.4 Å². The highest BCUT2D eigenvalue weighted by Gasteiger charge is 2.46. The monoisotopic (exact) mass is 634 g/mol. The zero-order valence-corrected chi connectivity index (χ0v) is 24.4. The van der Waals surface area contributed by atoms with Gasteiger partial charge in [-0.25, -0.2) is 19.0 Å². The summed E-state index contributed by atoms with van der Waals surface area (Å²) in [5.41, 5.74) is 0.0731. The highest BCUT2D eigenvalue weighted by Crippen LogP contribution is 2.44. The molecule has 0 unspecified atom stereocenters. The molecule has 3 heterocycles. The van der Waals surface area contributed by atoms with Gasteiger partial charge in [0.15, 0.2) is 0 Å². The van der Waals surface area contributed by atoms with E-state index in [0.29, 0.717) is 22.9 Å². The van der Waals surface area contributed by atoms with Crippen LogP contribution in [-0.2, 0) is 22.2 Å². The van der Waals surface area contributed by atoms with Crippen molar-refractivity contribution in [2.24, 2.45) is 0 Å². The van der Waals surface area contributed by atoms with E-state index in [1.165, 1.54) is 28.6 Å². The van der Waals surface area contributed by atoms with Crippen LogP contribution in [-0.4, -0.2) is 56.1 Å². The molecular weight excluding hydrogens is 608 g/mol. The summed E-state index contributed by atoms with van der Waals surface area (Å²) in [5.74, 6) is -4.56. The summed E-state index contributed by atoms with van der Waals surface area (Å²) in [6.45, 7) is 3.25. The lowest BCUT2D eigenvalue weighted by atomic mass is 9.80. The van der Waals surface area contributed by atoms with Crippen LogP contribution in [0.4, 0.5) is 23.4 Å². The number of anilines is 1. The number of alkyl halides is 3. The van der Waals surface area contributed by atoms with E-state index >= 15 is 0 Å². The molecule has 0 saturated heterocycles. The van der Waals surface area contributed by atoms with Gasteiger partial charge < -0.3 is 10.6 Å². The first-order valence-electron chi connectivity index (χ1n) is 14.1. The first-order chi connectivity index (χ1) is 21.9. The number of fused-ring (bicyclic) bond motifs is 1. The zero-order valence-electron chi connectivity index (χ0n) is 24.4. The number of nitrogens with one attached hydrogen (secondary N) is 2. The van der Waals surface area contributed by atoms with Crippen molar-refractivity contribution in [1.29, 1.82) is 5.26 Å². The third kappa shape index (κ3) is 6.27. The van der Waals surface area contributed by atoms with E-state index in [-0.39, 0.29) is 24.5 Å². The fraction of sp³-hybridized carbons (Fsp3) is 0.258. The molecule has 1 aliphatic rings. The van der Waals surface area contributed by atoms with Crippen LogP contribution in [0.3, 0.4) is 0 Å². The van der Waals surface area contributed by atoms with Gasteiger partial charge in [0.1, 0.15) is 29.4 Å². The molecule has 0 radical (unpaired) electrons. The number of likely N-dealkylation sites (N-methyl/N-ethyl adjacent to an activating group) is 1. The van der Waals surface area contributed by atoms with Crippen molar-refractivity contribution in [1.82, 2.24) is 30.4 Å². The number of nitriles is 1. The second kappa shape index (κ2) is 12.8. The number of hydrogen-bond donors (Lipinski definition) is 2. The van der Waals surface area contributed by atoms with E-state index in [1.54, 1.807) is 37.3 Å². The number of hydrogen-bond acceptors (Lipinski definition) is 7. The van der Waals surface area contributed by atoms with Gasteiger partial charge in [-0.3, -0.25) is 19.3 Å². The molecule has 1 aliphatic heterocycles. The van der Waals surface area contributed by atoms with Gasteiger partial charge in [-0.05, 0) is 49.7 Å². The normalized spacial score (nSPS) is 16.7. The van der Waals surface area contributed by atoms with Crippen LogP contribution in [0.15, 0.2) is 66.9 Å². The Hall–Kier alpha value is -5.65. The van der Waals surface area contributed by atoms with Crippen molar-refractivity contribution >= 4 is 23.5 Å². The molecule has 0 spiro atoms. The number of halogens is 4. The molecule has 0 aliphatic carbocycles. The largest absolute Gasteiger partial charge is 0.433 e. The van der Waals surface area contributed by atoms with Crippen molar-refractivity contribution in [3.8, 4) is 11.8 Å². The van der Waals surface area contributed by atoms with Crippen LogP contribution in [0.25, 0.3) is 5.69 Å². The van der Waals surface area contributed by atoms with E-state index in [9.17, 15) is 37.2 Å². The Morgan fingerprint density at radius 3 is 2.41 bits per heavy atom. The number of amides is 3. The van der Waals surface area contributed by atoms with Gasteiger partial charge in [0, 0.05) is 24.2 Å². The average molecular weight is 635 g/mol. The van der Waals surface area contributed by atoms with E-state index in [4.69, 9.17) is 5.10 Å². The predicted octanol–water partition coefficient (Wildman–Crippen LogP) is 3.69. The van der Waals surface area contributed by atoms with Crippen molar-refractivity contribution in [3.63, 3.8) is 0 Å². The number of rotatable bonds is 8. The average Bonchev–Trinajstić information content (AvgIpc) is 3.40. The molecule has 2 N–H and O–H groups in total. The summed E-state index contributed by atoms with van der Waals surface area (Å²) in [6.07, 6.45) is -4.41. The van der Waals surface area contributed by atoms with E-state index < -0.39 is 59.2 Å². The number of benzene rings is 2. The van der Waals surface area contributed by atoms with Gasteiger partial charge in [0.25, 0.3) is 11.8 Å². The molecule has 3 amide bonds. The van der Waals surface area contributed by atoms with Gasteiger partial charge in [-0.2, -0.15) is 23.5 Å². The number of carbonyl (C=O) groups is 3. The minimum atomic E-state index is -4.85. The smallest absolute Gasteiger partial charge is 0.340 e. The highest BCUT2D eigenvalue weighted by atomic mass is 19.4. The standard InChI is InChI=1S/C31H26F4N8O3/c1-3-42-29-25(21(15-23(44)38-17(2)16-36)41-43(29)20-7-5-4-6-8-20)24(18-9-11-19(32)12-10-18)26(30(42)46)40-28(45)27-37-14-13-22(39-27)31(33,34)35/h4-14,17,24,26H,3,15H2,1-2H3,(H,38,44)(H,40,45)/t17-,24-,26+/m1/s1. The van der Waals surface area contributed by atoms with E-state index in [1.807, 2.05) is 6.07 Å². The molecule has 0 saturated carbocycles. The lowest BCUT2D eigenvalue weighted by Crippen LogP contribution is -2.55. The fourth-order valence-corrected chi connectivity index (χ4v) is 5.29. The van der Waals surface area contributed by atoms with Gasteiger partial charge in [-0.1, -0.05) is 30.3 Å². The third-order valence-corrected chi connectivity index (χ3v) is 7.29. The Morgan fingerprint density at radius 2 is 1.78 bits per heavy atom. The van der Waals surface area contributed by atoms with Crippen LogP contribution in [0.2, 0.25) is 0 Å². The van der Waals surface area contributed by atoms with Crippen LogP contribution in [0.1, 0.15) is 52.9 Å². The summed E-state index contributed by atoms with van der Waals surface area (Å²) in [6, 6.07) is 14.1. The Bertz CT molecular complexity index is 1820. The molecule has 15 heteroatoms. The molecule has 2 aromatic heterocycles. The molecular formula is C31H26F4N8O3. The second-order valence-electron chi connectivity index (χ2n) is 10.4. The van der Waals surface area contributed by atoms with Crippen LogP contribution in [0.5, 0.6) is 0 Å². The minimum absolute atomic E-state index is 0.0734. The molecule has 3 atom stereocenters. The molecule has 0 fully saturated rings. The Balaban J connectivity index is 1.70. The zero-order chi connectivity index (χ0) is 33.2. The number of aromatic nitrogens is 4. The predicted molar refractivity (Wildman–Crippen MR) is 155 cm³/mol. The maximum Gasteiger partial charge on any atom is 0.433 e. The summed E-state index contributed by atoms with van der Waals surface area (Å²) in [4.78, 5) is 49.0.